The molecule has 2 rings (SSSR count). The highest BCUT2D eigenvalue weighted by Crippen LogP contribution is 2.30. The van der Waals surface area contributed by atoms with E-state index in [1.54, 1.807) is 0 Å². The van der Waals surface area contributed by atoms with Crippen LogP contribution < -0.4 is 5.73 Å². The number of hydrogen-bond acceptors (Lipinski definition) is 2. The molecular formula is C16H24N2O. The summed E-state index contributed by atoms with van der Waals surface area (Å²) in [7, 11) is 0. The molecule has 3 nitrogen and oxygen atoms in total. The minimum absolute atomic E-state index is 0.0518. The third-order valence-corrected chi connectivity index (χ3v) is 4.35. The van der Waals surface area contributed by atoms with E-state index in [9.17, 15) is 4.79 Å². The Hall–Kier alpha value is -1.35. The summed E-state index contributed by atoms with van der Waals surface area (Å²) in [6, 6.07) is 6.03. The van der Waals surface area contributed by atoms with E-state index in [1.807, 2.05) is 30.9 Å². The highest BCUT2D eigenvalue weighted by atomic mass is 16.2. The Balaban J connectivity index is 2.17. The lowest BCUT2D eigenvalue weighted by atomic mass is 9.78. The predicted molar refractivity (Wildman–Crippen MR) is 78.2 cm³/mol. The second kappa shape index (κ2) is 4.97. The zero-order valence-electron chi connectivity index (χ0n) is 12.4. The lowest BCUT2D eigenvalue weighted by Crippen LogP contribution is -2.54. The second-order valence-corrected chi connectivity index (χ2v) is 6.41. The van der Waals surface area contributed by atoms with Gasteiger partial charge in [-0.15, -0.1) is 0 Å². The van der Waals surface area contributed by atoms with E-state index in [0.29, 0.717) is 6.54 Å². The topological polar surface area (TPSA) is 46.3 Å². The fourth-order valence-electron chi connectivity index (χ4n) is 2.59. The summed E-state index contributed by atoms with van der Waals surface area (Å²) in [6.07, 6.45) is 0.963. The number of piperidine rings is 1. The van der Waals surface area contributed by atoms with Gasteiger partial charge in [-0.05, 0) is 37.3 Å². The van der Waals surface area contributed by atoms with Gasteiger partial charge in [-0.3, -0.25) is 4.79 Å². The number of carbonyl (C=O) groups is 1. The highest BCUT2D eigenvalue weighted by Gasteiger charge is 2.35. The van der Waals surface area contributed by atoms with Gasteiger partial charge in [-0.1, -0.05) is 31.5 Å². The number of hydrogen-bond donors (Lipinski definition) is 1. The Morgan fingerprint density at radius 3 is 2.63 bits per heavy atom. The monoisotopic (exact) mass is 260 g/mol. The largest absolute Gasteiger partial charge is 0.337 e. The molecule has 0 bridgehead atoms. The Bertz CT molecular complexity index is 494. The van der Waals surface area contributed by atoms with Gasteiger partial charge in [-0.2, -0.15) is 0 Å². The lowest BCUT2D eigenvalue weighted by Gasteiger charge is -2.42. The van der Waals surface area contributed by atoms with Gasteiger partial charge in [0.05, 0.1) is 0 Å². The summed E-state index contributed by atoms with van der Waals surface area (Å²) >= 11 is 0. The van der Waals surface area contributed by atoms with Crippen LogP contribution in [-0.4, -0.2) is 29.9 Å². The van der Waals surface area contributed by atoms with E-state index in [4.69, 9.17) is 5.73 Å². The predicted octanol–water partition coefficient (Wildman–Crippen LogP) is 2.50. The average Bonchev–Trinajstić information content (AvgIpc) is 2.32. The molecule has 104 valence electrons. The molecule has 1 aliphatic heterocycles. The molecule has 1 aromatic carbocycles. The number of nitrogens with zero attached hydrogens (tertiary/aromatic N) is 1. The molecule has 1 amide bonds. The first-order chi connectivity index (χ1) is 8.81. The van der Waals surface area contributed by atoms with Crippen LogP contribution in [-0.2, 0) is 0 Å². The molecule has 0 saturated carbocycles. The molecular weight excluding hydrogens is 236 g/mol. The highest BCUT2D eigenvalue weighted by molar-refractivity contribution is 5.95. The first-order valence-corrected chi connectivity index (χ1v) is 6.93. The summed E-state index contributed by atoms with van der Waals surface area (Å²) in [5.41, 5.74) is 9.34. The molecule has 1 atom stereocenters. The SMILES string of the molecule is Cc1ccc(C(=O)N2CCC(C)(C)C(N)C2)c(C)c1. The van der Waals surface area contributed by atoms with Gasteiger partial charge in [0.25, 0.3) is 5.91 Å². The normalized spacial score (nSPS) is 22.4. The van der Waals surface area contributed by atoms with E-state index in [0.717, 1.165) is 24.1 Å². The van der Waals surface area contributed by atoms with Crippen molar-refractivity contribution in [1.29, 1.82) is 0 Å². The molecule has 1 unspecified atom stereocenters. The molecule has 0 aromatic heterocycles. The quantitative estimate of drug-likeness (QED) is 0.843. The molecule has 1 heterocycles. The molecule has 1 aliphatic rings. The van der Waals surface area contributed by atoms with Gasteiger partial charge < -0.3 is 10.6 Å². The third kappa shape index (κ3) is 2.81. The smallest absolute Gasteiger partial charge is 0.254 e. The van der Waals surface area contributed by atoms with Crippen LogP contribution in [0, 0.1) is 19.3 Å². The lowest BCUT2D eigenvalue weighted by molar-refractivity contribution is 0.0575. The summed E-state index contributed by atoms with van der Waals surface area (Å²) in [5, 5.41) is 0. The molecule has 0 radical (unpaired) electrons. The first-order valence-electron chi connectivity index (χ1n) is 6.93. The van der Waals surface area contributed by atoms with Crippen LogP contribution in [0.3, 0.4) is 0 Å². The van der Waals surface area contributed by atoms with Crippen molar-refractivity contribution < 1.29 is 4.79 Å². The van der Waals surface area contributed by atoms with Crippen LogP contribution in [0.1, 0.15) is 41.8 Å². The molecule has 1 aromatic rings. The van der Waals surface area contributed by atoms with Gasteiger partial charge in [0.1, 0.15) is 0 Å². The maximum atomic E-state index is 12.6. The number of rotatable bonds is 1. The molecule has 19 heavy (non-hydrogen) atoms. The zero-order chi connectivity index (χ0) is 14.2. The van der Waals surface area contributed by atoms with Gasteiger partial charge in [0.15, 0.2) is 0 Å². The minimum atomic E-state index is 0.0518. The van der Waals surface area contributed by atoms with Crippen LogP contribution in [0.5, 0.6) is 0 Å². The van der Waals surface area contributed by atoms with Gasteiger partial charge >= 0.3 is 0 Å². The summed E-state index contributed by atoms with van der Waals surface area (Å²) < 4.78 is 0. The maximum Gasteiger partial charge on any atom is 0.254 e. The molecule has 0 aliphatic carbocycles. The van der Waals surface area contributed by atoms with E-state index in [1.165, 1.54) is 5.56 Å². The van der Waals surface area contributed by atoms with Gasteiger partial charge in [0.2, 0.25) is 0 Å². The number of carbonyl (C=O) groups excluding carboxylic acids is 1. The third-order valence-electron chi connectivity index (χ3n) is 4.35. The average molecular weight is 260 g/mol. The van der Waals surface area contributed by atoms with Crippen molar-refractivity contribution >= 4 is 5.91 Å². The first kappa shape index (κ1) is 14.1. The molecule has 2 N–H and O–H groups in total. The van der Waals surface area contributed by atoms with E-state index >= 15 is 0 Å². The van der Waals surface area contributed by atoms with Crippen molar-refractivity contribution in [3.63, 3.8) is 0 Å². The molecule has 0 spiro atoms. The van der Waals surface area contributed by atoms with E-state index in [2.05, 4.69) is 19.9 Å². The Morgan fingerprint density at radius 1 is 1.37 bits per heavy atom. The standard InChI is InChI=1S/C16H24N2O/c1-11-5-6-13(12(2)9-11)15(19)18-8-7-16(3,4)14(17)10-18/h5-6,9,14H,7-8,10,17H2,1-4H3. The molecule has 1 saturated heterocycles. The number of likely N-dealkylation sites (tertiary alicyclic amines) is 1. The van der Waals surface area contributed by atoms with Crippen LogP contribution in [0.4, 0.5) is 0 Å². The number of benzene rings is 1. The minimum Gasteiger partial charge on any atom is -0.337 e. The fraction of sp³-hybridized carbons (Fsp3) is 0.562. The van der Waals surface area contributed by atoms with Gasteiger partial charge in [-0.25, -0.2) is 0 Å². The maximum absolute atomic E-state index is 12.6. The van der Waals surface area contributed by atoms with Crippen LogP contribution in [0.2, 0.25) is 0 Å². The van der Waals surface area contributed by atoms with E-state index < -0.39 is 0 Å². The van der Waals surface area contributed by atoms with Crippen LogP contribution in [0.25, 0.3) is 0 Å². The molecule has 3 heteroatoms. The second-order valence-electron chi connectivity index (χ2n) is 6.41. The number of nitrogens with two attached hydrogens (primary N) is 1. The van der Waals surface area contributed by atoms with E-state index in [-0.39, 0.29) is 17.4 Å². The van der Waals surface area contributed by atoms with Crippen molar-refractivity contribution in [2.75, 3.05) is 13.1 Å². The number of aryl methyl sites for hydroxylation is 2. The Morgan fingerprint density at radius 2 is 2.05 bits per heavy atom. The zero-order valence-corrected chi connectivity index (χ0v) is 12.4. The van der Waals surface area contributed by atoms with Crippen LogP contribution in [0.15, 0.2) is 18.2 Å². The summed E-state index contributed by atoms with van der Waals surface area (Å²) in [4.78, 5) is 14.5. The van der Waals surface area contributed by atoms with Crippen LogP contribution >= 0.6 is 0 Å². The van der Waals surface area contributed by atoms with Crippen molar-refractivity contribution in [1.82, 2.24) is 4.90 Å². The summed E-state index contributed by atoms with van der Waals surface area (Å²) in [6.45, 7) is 9.84. The van der Waals surface area contributed by atoms with Crippen molar-refractivity contribution in [3.8, 4) is 0 Å². The Labute approximate surface area is 115 Å². The Kier molecular flexibility index (Phi) is 3.68. The number of amides is 1. The van der Waals surface area contributed by atoms with Gasteiger partial charge in [0, 0.05) is 24.7 Å². The summed E-state index contributed by atoms with van der Waals surface area (Å²) in [5.74, 6) is 0.114. The molecule has 1 fully saturated rings. The van der Waals surface area contributed by atoms with Crippen molar-refractivity contribution in [3.05, 3.63) is 34.9 Å². The van der Waals surface area contributed by atoms with Crippen molar-refractivity contribution in [2.24, 2.45) is 11.1 Å². The fourth-order valence-corrected chi connectivity index (χ4v) is 2.59. The van der Waals surface area contributed by atoms with Crippen molar-refractivity contribution in [2.45, 2.75) is 40.2 Å².